The zero-order chi connectivity index (χ0) is 22.4. The van der Waals surface area contributed by atoms with Gasteiger partial charge in [0.05, 0.1) is 21.3 Å². The normalized spacial score (nSPS) is 14.7. The molecule has 2 aromatic rings. The molecule has 9 heteroatoms. The van der Waals surface area contributed by atoms with Crippen LogP contribution >= 0.6 is 0 Å². The first-order valence-corrected chi connectivity index (χ1v) is 11.5. The number of nitrogens with zero attached hydrogens (tertiary/aromatic N) is 1. The number of sulfonamides is 1. The molecule has 1 saturated heterocycles. The molecular weight excluding hydrogens is 420 g/mol. The van der Waals surface area contributed by atoms with E-state index in [0.717, 1.165) is 24.8 Å². The predicted octanol–water partition coefficient (Wildman–Crippen LogP) is 2.82. The van der Waals surface area contributed by atoms with Crippen molar-refractivity contribution in [3.63, 3.8) is 0 Å². The van der Waals surface area contributed by atoms with Crippen molar-refractivity contribution in [2.75, 3.05) is 34.4 Å². The van der Waals surface area contributed by atoms with Gasteiger partial charge in [0.15, 0.2) is 11.5 Å². The zero-order valence-corrected chi connectivity index (χ0v) is 18.8. The Balaban J connectivity index is 1.80. The van der Waals surface area contributed by atoms with Crippen molar-refractivity contribution >= 4 is 15.9 Å². The maximum atomic E-state index is 13.1. The van der Waals surface area contributed by atoms with Gasteiger partial charge in [-0.05, 0) is 48.7 Å². The van der Waals surface area contributed by atoms with Crippen LogP contribution in [0.5, 0.6) is 17.2 Å². The Morgan fingerprint density at radius 2 is 1.55 bits per heavy atom. The third kappa shape index (κ3) is 5.11. The van der Waals surface area contributed by atoms with Gasteiger partial charge < -0.3 is 19.5 Å². The topological polar surface area (TPSA) is 94.2 Å². The minimum atomic E-state index is -3.75. The molecule has 2 aromatic carbocycles. The van der Waals surface area contributed by atoms with E-state index in [1.54, 1.807) is 32.4 Å². The highest BCUT2D eigenvalue weighted by atomic mass is 32.2. The number of piperidine rings is 1. The number of nitrogens with one attached hydrogen (secondary N) is 1. The first kappa shape index (κ1) is 22.9. The van der Waals surface area contributed by atoms with Gasteiger partial charge in [0, 0.05) is 25.2 Å². The molecule has 31 heavy (non-hydrogen) atoms. The van der Waals surface area contributed by atoms with E-state index in [2.05, 4.69) is 5.32 Å². The summed E-state index contributed by atoms with van der Waals surface area (Å²) in [7, 11) is 0.769. The largest absolute Gasteiger partial charge is 0.495 e. The lowest BCUT2D eigenvalue weighted by atomic mass is 10.1. The molecular formula is C22H28N2O6S. The van der Waals surface area contributed by atoms with Gasteiger partial charge in [0.1, 0.15) is 10.6 Å². The summed E-state index contributed by atoms with van der Waals surface area (Å²) < 4.78 is 43.5. The third-order valence-electron chi connectivity index (χ3n) is 5.26. The van der Waals surface area contributed by atoms with Crippen LogP contribution in [0.1, 0.15) is 35.2 Å². The molecule has 1 amide bonds. The highest BCUT2D eigenvalue weighted by Crippen LogP contribution is 2.30. The summed E-state index contributed by atoms with van der Waals surface area (Å²) >= 11 is 0. The average Bonchev–Trinajstić information content (AvgIpc) is 2.82. The van der Waals surface area contributed by atoms with Crippen molar-refractivity contribution < 1.29 is 27.4 Å². The lowest BCUT2D eigenvalue weighted by molar-refractivity contribution is 0.0950. The molecule has 1 aliphatic heterocycles. The molecule has 0 saturated carbocycles. The maximum Gasteiger partial charge on any atom is 0.251 e. The van der Waals surface area contributed by atoms with Crippen molar-refractivity contribution in [2.45, 2.75) is 30.7 Å². The van der Waals surface area contributed by atoms with Crippen molar-refractivity contribution in [2.24, 2.45) is 0 Å². The predicted molar refractivity (Wildman–Crippen MR) is 116 cm³/mol. The van der Waals surface area contributed by atoms with Gasteiger partial charge in [-0.15, -0.1) is 0 Å². The molecule has 8 nitrogen and oxygen atoms in total. The fourth-order valence-corrected chi connectivity index (χ4v) is 5.24. The van der Waals surface area contributed by atoms with Crippen LogP contribution in [0.3, 0.4) is 0 Å². The second kappa shape index (κ2) is 10.0. The van der Waals surface area contributed by atoms with Gasteiger partial charge in [0.25, 0.3) is 5.91 Å². The van der Waals surface area contributed by atoms with E-state index in [0.29, 0.717) is 24.6 Å². The number of carbonyl (C=O) groups is 1. The Bertz CT molecular complexity index is 1030. The fraction of sp³-hybridized carbons (Fsp3) is 0.409. The Morgan fingerprint density at radius 1 is 0.903 bits per heavy atom. The first-order valence-electron chi connectivity index (χ1n) is 10.1. The van der Waals surface area contributed by atoms with Crippen LogP contribution in [0.15, 0.2) is 41.3 Å². The smallest absolute Gasteiger partial charge is 0.251 e. The summed E-state index contributed by atoms with van der Waals surface area (Å²) in [6, 6.07) is 9.81. The molecule has 0 aliphatic carbocycles. The molecule has 0 spiro atoms. The number of hydrogen-bond acceptors (Lipinski definition) is 6. The summed E-state index contributed by atoms with van der Waals surface area (Å²) in [5.74, 6) is 1.00. The molecule has 0 unspecified atom stereocenters. The van der Waals surface area contributed by atoms with Crippen LogP contribution in [-0.4, -0.2) is 53.0 Å². The quantitative estimate of drug-likeness (QED) is 0.667. The summed E-state index contributed by atoms with van der Waals surface area (Å²) in [6.07, 6.45) is 2.67. The molecule has 0 atom stereocenters. The molecule has 168 valence electrons. The third-order valence-corrected chi connectivity index (χ3v) is 7.18. The van der Waals surface area contributed by atoms with Gasteiger partial charge >= 0.3 is 0 Å². The number of rotatable bonds is 8. The molecule has 0 aromatic heterocycles. The summed E-state index contributed by atoms with van der Waals surface area (Å²) in [5, 5.41) is 2.82. The maximum absolute atomic E-state index is 13.1. The van der Waals surface area contributed by atoms with Gasteiger partial charge in [-0.1, -0.05) is 12.5 Å². The van der Waals surface area contributed by atoms with Crippen LogP contribution in [0.4, 0.5) is 0 Å². The Labute approximate surface area is 183 Å². The molecule has 0 radical (unpaired) electrons. The molecule has 1 heterocycles. The van der Waals surface area contributed by atoms with Gasteiger partial charge in [-0.2, -0.15) is 4.31 Å². The van der Waals surface area contributed by atoms with Crippen LogP contribution in [0.2, 0.25) is 0 Å². The SMILES string of the molecule is COc1ccc(CNC(=O)c2ccc(OC)c(S(=O)(=O)N3CCCCC3)c2)cc1OC. The lowest BCUT2D eigenvalue weighted by Gasteiger charge is -2.26. The number of methoxy groups -OCH3 is 3. The first-order chi connectivity index (χ1) is 14.9. The second-order valence-electron chi connectivity index (χ2n) is 7.20. The van der Waals surface area contributed by atoms with Crippen molar-refractivity contribution in [1.29, 1.82) is 0 Å². The van der Waals surface area contributed by atoms with E-state index in [1.165, 1.54) is 23.5 Å². The minimum absolute atomic E-state index is 0.00988. The number of ether oxygens (including phenoxy) is 3. The summed E-state index contributed by atoms with van der Waals surface area (Å²) in [6.45, 7) is 1.20. The Kier molecular flexibility index (Phi) is 7.40. The molecule has 1 fully saturated rings. The van der Waals surface area contributed by atoms with Crippen LogP contribution < -0.4 is 19.5 Å². The monoisotopic (exact) mass is 448 g/mol. The Hall–Kier alpha value is -2.78. The number of hydrogen-bond donors (Lipinski definition) is 1. The molecule has 3 rings (SSSR count). The second-order valence-corrected chi connectivity index (χ2v) is 9.11. The molecule has 1 N–H and O–H groups in total. The van der Waals surface area contributed by atoms with Crippen molar-refractivity contribution in [1.82, 2.24) is 9.62 Å². The Morgan fingerprint density at radius 3 is 2.19 bits per heavy atom. The molecule has 0 bridgehead atoms. The number of carbonyl (C=O) groups excluding carboxylic acids is 1. The number of amides is 1. The standard InChI is InChI=1S/C22H28N2O6S/c1-28-18-9-7-16(13-20(18)30-3)15-23-22(25)17-8-10-19(29-2)21(14-17)31(26,27)24-11-5-4-6-12-24/h7-10,13-14H,4-6,11-12,15H2,1-3H3,(H,23,25). The van der Waals surface area contributed by atoms with Gasteiger partial charge in [-0.25, -0.2) is 8.42 Å². The van der Waals surface area contributed by atoms with Gasteiger partial charge in [-0.3, -0.25) is 4.79 Å². The highest BCUT2D eigenvalue weighted by molar-refractivity contribution is 7.89. The number of benzene rings is 2. The van der Waals surface area contributed by atoms with Crippen molar-refractivity contribution in [3.8, 4) is 17.2 Å². The van der Waals surface area contributed by atoms with E-state index in [4.69, 9.17) is 14.2 Å². The van der Waals surface area contributed by atoms with E-state index >= 15 is 0 Å². The highest BCUT2D eigenvalue weighted by Gasteiger charge is 2.29. The van der Waals surface area contributed by atoms with Crippen molar-refractivity contribution in [3.05, 3.63) is 47.5 Å². The van der Waals surface area contributed by atoms with Crippen LogP contribution in [-0.2, 0) is 16.6 Å². The summed E-state index contributed by atoms with van der Waals surface area (Å²) in [5.41, 5.74) is 1.07. The lowest BCUT2D eigenvalue weighted by Crippen LogP contribution is -2.36. The van der Waals surface area contributed by atoms with Crippen LogP contribution in [0, 0.1) is 0 Å². The fourth-order valence-electron chi connectivity index (χ4n) is 3.54. The van der Waals surface area contributed by atoms with Gasteiger partial charge in [0.2, 0.25) is 10.0 Å². The van der Waals surface area contributed by atoms with E-state index < -0.39 is 10.0 Å². The molecule has 1 aliphatic rings. The van der Waals surface area contributed by atoms with E-state index in [9.17, 15) is 13.2 Å². The minimum Gasteiger partial charge on any atom is -0.495 e. The van der Waals surface area contributed by atoms with Crippen LogP contribution in [0.25, 0.3) is 0 Å². The summed E-state index contributed by atoms with van der Waals surface area (Å²) in [4.78, 5) is 12.7. The average molecular weight is 449 g/mol. The zero-order valence-electron chi connectivity index (χ0n) is 18.0. The van der Waals surface area contributed by atoms with E-state index in [-0.39, 0.29) is 28.7 Å². The van der Waals surface area contributed by atoms with E-state index in [1.807, 2.05) is 6.07 Å².